The van der Waals surface area contributed by atoms with Gasteiger partial charge in [0.1, 0.15) is 0 Å². The molecular weight excluding hydrogens is 212 g/mol. The number of ketones is 1. The molecule has 0 aliphatic carbocycles. The lowest BCUT2D eigenvalue weighted by molar-refractivity contribution is 0.0988. The van der Waals surface area contributed by atoms with Gasteiger partial charge in [-0.15, -0.1) is 11.3 Å². The summed E-state index contributed by atoms with van der Waals surface area (Å²) in [6, 6.07) is 2.03. The minimum absolute atomic E-state index is 0.237. The average molecular weight is 226 g/mol. The van der Waals surface area contributed by atoms with Crippen molar-refractivity contribution in [2.45, 2.75) is 31.4 Å². The fraction of sp³-hybridized carbons (Fsp3) is 0.545. The van der Waals surface area contributed by atoms with Gasteiger partial charge < -0.3 is 0 Å². The maximum Gasteiger partial charge on any atom is 0.185 e. The van der Waals surface area contributed by atoms with Crippen molar-refractivity contribution in [2.24, 2.45) is 0 Å². The summed E-state index contributed by atoms with van der Waals surface area (Å²) in [4.78, 5) is 13.0. The van der Waals surface area contributed by atoms with Crippen molar-refractivity contribution in [3.8, 4) is 0 Å². The van der Waals surface area contributed by atoms with Gasteiger partial charge in [0, 0.05) is 0 Å². The SMILES string of the molecule is Cc1ccsc1C(=O)C1CCCCS1. The largest absolute Gasteiger partial charge is 0.292 e. The quantitative estimate of drug-likeness (QED) is 0.718. The molecule has 1 saturated heterocycles. The van der Waals surface area contributed by atoms with Crippen LogP contribution in [0, 0.1) is 6.92 Å². The van der Waals surface area contributed by atoms with Crippen molar-refractivity contribution in [3.05, 3.63) is 21.9 Å². The fourth-order valence-electron chi connectivity index (χ4n) is 1.72. The Hall–Kier alpha value is -0.280. The zero-order chi connectivity index (χ0) is 9.97. The Morgan fingerprint density at radius 3 is 2.93 bits per heavy atom. The van der Waals surface area contributed by atoms with E-state index in [0.717, 1.165) is 22.6 Å². The Balaban J connectivity index is 2.11. The number of rotatable bonds is 2. The standard InChI is InChI=1S/C11H14OS2/c1-8-5-7-14-11(8)10(12)9-4-2-3-6-13-9/h5,7,9H,2-4,6H2,1H3. The number of aryl methyl sites for hydroxylation is 1. The van der Waals surface area contributed by atoms with Crippen LogP contribution in [0.4, 0.5) is 0 Å². The highest BCUT2D eigenvalue weighted by Gasteiger charge is 2.24. The van der Waals surface area contributed by atoms with E-state index >= 15 is 0 Å². The molecule has 0 amide bonds. The molecule has 1 aliphatic heterocycles. The number of Topliss-reactive ketones (excluding diaryl/α,β-unsaturated/α-hetero) is 1. The number of thiophene rings is 1. The highest BCUT2D eigenvalue weighted by atomic mass is 32.2. The molecule has 0 N–H and O–H groups in total. The van der Waals surface area contributed by atoms with Gasteiger partial charge in [0.05, 0.1) is 10.1 Å². The molecule has 2 heterocycles. The normalized spacial score (nSPS) is 22.2. The lowest BCUT2D eigenvalue weighted by Gasteiger charge is -2.19. The number of thioether (sulfide) groups is 1. The van der Waals surface area contributed by atoms with Crippen molar-refractivity contribution >= 4 is 28.9 Å². The average Bonchev–Trinajstić information content (AvgIpc) is 2.65. The smallest absolute Gasteiger partial charge is 0.185 e. The summed E-state index contributed by atoms with van der Waals surface area (Å²) in [7, 11) is 0. The summed E-state index contributed by atoms with van der Waals surface area (Å²) in [5.74, 6) is 1.52. The fourth-order valence-corrected chi connectivity index (χ4v) is 3.97. The van der Waals surface area contributed by atoms with E-state index in [2.05, 4.69) is 0 Å². The topological polar surface area (TPSA) is 17.1 Å². The van der Waals surface area contributed by atoms with E-state index in [1.54, 1.807) is 11.3 Å². The molecule has 2 rings (SSSR count). The molecule has 76 valence electrons. The molecule has 1 aromatic heterocycles. The van der Waals surface area contributed by atoms with Crippen LogP contribution in [0.3, 0.4) is 0 Å². The molecule has 1 atom stereocenters. The summed E-state index contributed by atoms with van der Waals surface area (Å²) in [5, 5.41) is 2.25. The van der Waals surface area contributed by atoms with Crippen molar-refractivity contribution in [1.29, 1.82) is 0 Å². The van der Waals surface area contributed by atoms with Crippen LogP contribution in [-0.2, 0) is 0 Å². The summed E-state index contributed by atoms with van der Waals surface area (Å²) < 4.78 is 0. The Kier molecular flexibility index (Phi) is 3.29. The highest BCUT2D eigenvalue weighted by Crippen LogP contribution is 2.30. The van der Waals surface area contributed by atoms with Crippen LogP contribution in [0.2, 0.25) is 0 Å². The van der Waals surface area contributed by atoms with Crippen LogP contribution in [0.5, 0.6) is 0 Å². The van der Waals surface area contributed by atoms with Crippen molar-refractivity contribution in [1.82, 2.24) is 0 Å². The lowest BCUT2D eigenvalue weighted by atomic mass is 10.1. The van der Waals surface area contributed by atoms with E-state index in [-0.39, 0.29) is 5.25 Å². The predicted octanol–water partition coefficient (Wildman–Crippen LogP) is 3.52. The zero-order valence-corrected chi connectivity index (χ0v) is 9.92. The molecule has 1 nitrogen and oxygen atoms in total. The second-order valence-corrected chi connectivity index (χ2v) is 5.88. The minimum atomic E-state index is 0.237. The van der Waals surface area contributed by atoms with E-state index in [1.807, 2.05) is 30.1 Å². The van der Waals surface area contributed by atoms with Crippen molar-refractivity contribution < 1.29 is 4.79 Å². The Bertz CT molecular complexity index is 324. The number of hydrogen-bond donors (Lipinski definition) is 0. The zero-order valence-electron chi connectivity index (χ0n) is 8.29. The third-order valence-corrected chi connectivity index (χ3v) is 4.97. The van der Waals surface area contributed by atoms with Crippen molar-refractivity contribution in [3.63, 3.8) is 0 Å². The molecule has 0 saturated carbocycles. The first-order valence-electron chi connectivity index (χ1n) is 4.99. The third kappa shape index (κ3) is 2.04. The first kappa shape index (κ1) is 10.2. The van der Waals surface area contributed by atoms with E-state index in [0.29, 0.717) is 5.78 Å². The third-order valence-electron chi connectivity index (χ3n) is 2.56. The predicted molar refractivity (Wildman–Crippen MR) is 63.5 cm³/mol. The molecule has 1 unspecified atom stereocenters. The number of carbonyl (C=O) groups is 1. The second kappa shape index (κ2) is 4.49. The van der Waals surface area contributed by atoms with Gasteiger partial charge in [-0.1, -0.05) is 6.42 Å². The van der Waals surface area contributed by atoms with Gasteiger partial charge in [-0.25, -0.2) is 0 Å². The van der Waals surface area contributed by atoms with Crippen LogP contribution in [-0.4, -0.2) is 16.8 Å². The van der Waals surface area contributed by atoms with Crippen LogP contribution in [0.25, 0.3) is 0 Å². The molecular formula is C11H14OS2. The van der Waals surface area contributed by atoms with Crippen LogP contribution >= 0.6 is 23.1 Å². The van der Waals surface area contributed by atoms with Crippen LogP contribution in [0.15, 0.2) is 11.4 Å². The van der Waals surface area contributed by atoms with Gasteiger partial charge in [0.15, 0.2) is 5.78 Å². The summed E-state index contributed by atoms with van der Waals surface area (Å²) in [5.41, 5.74) is 1.14. The van der Waals surface area contributed by atoms with Gasteiger partial charge in [-0.3, -0.25) is 4.79 Å². The van der Waals surface area contributed by atoms with E-state index in [1.165, 1.54) is 12.8 Å². The van der Waals surface area contributed by atoms with Crippen molar-refractivity contribution in [2.75, 3.05) is 5.75 Å². The minimum Gasteiger partial charge on any atom is -0.292 e. The Morgan fingerprint density at radius 2 is 2.36 bits per heavy atom. The van der Waals surface area contributed by atoms with Crippen LogP contribution < -0.4 is 0 Å². The van der Waals surface area contributed by atoms with Gasteiger partial charge >= 0.3 is 0 Å². The monoisotopic (exact) mass is 226 g/mol. The molecule has 0 bridgehead atoms. The number of hydrogen-bond acceptors (Lipinski definition) is 3. The van der Waals surface area contributed by atoms with Gasteiger partial charge in [-0.2, -0.15) is 11.8 Å². The highest BCUT2D eigenvalue weighted by molar-refractivity contribution is 8.00. The Labute approximate surface area is 92.9 Å². The van der Waals surface area contributed by atoms with Gasteiger partial charge in [0.2, 0.25) is 0 Å². The molecule has 0 radical (unpaired) electrons. The van der Waals surface area contributed by atoms with E-state index in [4.69, 9.17) is 0 Å². The van der Waals surface area contributed by atoms with Gasteiger partial charge in [-0.05, 0) is 42.5 Å². The number of carbonyl (C=O) groups excluding carboxylic acids is 1. The molecule has 0 spiro atoms. The molecule has 0 aromatic carbocycles. The first-order chi connectivity index (χ1) is 6.79. The summed E-state index contributed by atoms with van der Waals surface area (Å²) in [6.07, 6.45) is 3.56. The molecule has 1 fully saturated rings. The van der Waals surface area contributed by atoms with E-state index in [9.17, 15) is 4.79 Å². The summed E-state index contributed by atoms with van der Waals surface area (Å²) >= 11 is 3.42. The van der Waals surface area contributed by atoms with Gasteiger partial charge in [0.25, 0.3) is 0 Å². The summed E-state index contributed by atoms with van der Waals surface area (Å²) in [6.45, 7) is 2.03. The molecule has 14 heavy (non-hydrogen) atoms. The maximum absolute atomic E-state index is 12.1. The lowest BCUT2D eigenvalue weighted by Crippen LogP contribution is -2.20. The Morgan fingerprint density at radius 1 is 1.50 bits per heavy atom. The van der Waals surface area contributed by atoms with Crippen LogP contribution in [0.1, 0.15) is 34.5 Å². The molecule has 3 heteroatoms. The first-order valence-corrected chi connectivity index (χ1v) is 6.92. The van der Waals surface area contributed by atoms with E-state index < -0.39 is 0 Å². The second-order valence-electron chi connectivity index (χ2n) is 3.65. The molecule has 1 aromatic rings. The molecule has 1 aliphatic rings. The maximum atomic E-state index is 12.1.